The summed E-state index contributed by atoms with van der Waals surface area (Å²) in [7, 11) is -3.73. The molecule has 8 nitrogen and oxygen atoms in total. The second kappa shape index (κ2) is 5.51. The van der Waals surface area contributed by atoms with Crippen LogP contribution >= 0.6 is 12.4 Å². The fraction of sp³-hybridized carbons (Fsp3) is 0.273. The summed E-state index contributed by atoms with van der Waals surface area (Å²) in [6.45, 7) is 3.63. The molecule has 21 heavy (non-hydrogen) atoms. The Morgan fingerprint density at radius 1 is 1.14 bits per heavy atom. The molecule has 0 atom stereocenters. The van der Waals surface area contributed by atoms with E-state index in [9.17, 15) is 8.42 Å². The van der Waals surface area contributed by atoms with E-state index in [0.717, 1.165) is 0 Å². The Kier molecular flexibility index (Phi) is 4.51. The maximum Gasteiger partial charge on any atom is 0.238 e. The summed E-state index contributed by atoms with van der Waals surface area (Å²) in [5, 5.41) is 5.06. The quantitative estimate of drug-likeness (QED) is 0.696. The number of benzene rings is 1. The van der Waals surface area contributed by atoms with Gasteiger partial charge in [0, 0.05) is 5.69 Å². The highest BCUT2D eigenvalue weighted by molar-refractivity contribution is 7.89. The zero-order valence-corrected chi connectivity index (χ0v) is 13.1. The first-order valence-electron chi connectivity index (χ1n) is 5.74. The Balaban J connectivity index is 0.00000220. The van der Waals surface area contributed by atoms with Crippen LogP contribution in [-0.2, 0) is 10.0 Å². The van der Waals surface area contributed by atoms with Crippen LogP contribution < -0.4 is 21.5 Å². The second-order valence-electron chi connectivity index (χ2n) is 4.81. The van der Waals surface area contributed by atoms with E-state index in [1.807, 2.05) is 13.8 Å². The Hall–Kier alpha value is -1.84. The van der Waals surface area contributed by atoms with Crippen molar-refractivity contribution in [3.63, 3.8) is 0 Å². The number of aliphatic imine (C=N–C) groups is 2. The van der Waals surface area contributed by atoms with Crippen LogP contribution in [0.3, 0.4) is 0 Å². The fourth-order valence-electron chi connectivity index (χ4n) is 2.04. The molecule has 1 aliphatic rings. The average Bonchev–Trinajstić information content (AvgIpc) is 2.25. The molecule has 0 unspecified atom stereocenters. The van der Waals surface area contributed by atoms with Gasteiger partial charge in [-0.15, -0.1) is 12.4 Å². The van der Waals surface area contributed by atoms with Crippen molar-refractivity contribution in [2.45, 2.75) is 24.4 Å². The van der Waals surface area contributed by atoms with Gasteiger partial charge < -0.3 is 11.5 Å². The minimum atomic E-state index is -3.73. The van der Waals surface area contributed by atoms with Gasteiger partial charge in [0.05, 0.1) is 4.90 Å². The normalized spacial score (nSPS) is 17.6. The molecule has 0 radical (unpaired) electrons. The van der Waals surface area contributed by atoms with E-state index in [0.29, 0.717) is 5.69 Å². The molecule has 10 heteroatoms. The lowest BCUT2D eigenvalue weighted by molar-refractivity contribution is 0.534. The third-order valence-corrected chi connectivity index (χ3v) is 3.75. The monoisotopic (exact) mass is 332 g/mol. The van der Waals surface area contributed by atoms with Gasteiger partial charge in [-0.2, -0.15) is 4.99 Å². The molecule has 0 fully saturated rings. The molecule has 0 aliphatic carbocycles. The lowest BCUT2D eigenvalue weighted by atomic mass is 10.1. The highest BCUT2D eigenvalue weighted by Crippen LogP contribution is 2.27. The number of guanidine groups is 2. The van der Waals surface area contributed by atoms with Gasteiger partial charge in [0.1, 0.15) is 5.66 Å². The van der Waals surface area contributed by atoms with Crippen molar-refractivity contribution in [3.8, 4) is 0 Å². The van der Waals surface area contributed by atoms with Crippen molar-refractivity contribution in [1.29, 1.82) is 0 Å². The molecule has 0 spiro atoms. The van der Waals surface area contributed by atoms with Crippen LogP contribution in [0.5, 0.6) is 0 Å². The summed E-state index contributed by atoms with van der Waals surface area (Å²) in [4.78, 5) is 9.79. The summed E-state index contributed by atoms with van der Waals surface area (Å²) < 4.78 is 22.5. The molecule has 0 saturated carbocycles. The molecule has 1 aromatic carbocycles. The number of rotatable bonds is 2. The Bertz CT molecular complexity index is 696. The van der Waals surface area contributed by atoms with Gasteiger partial charge in [-0.3, -0.25) is 4.90 Å². The van der Waals surface area contributed by atoms with Crippen molar-refractivity contribution in [1.82, 2.24) is 0 Å². The SMILES string of the molecule is CC1(C)N=C(N)N=C(N)N1c1ccc(S(N)(=O)=O)cc1.Cl. The number of hydrogen-bond acceptors (Lipinski definition) is 7. The van der Waals surface area contributed by atoms with E-state index in [1.54, 1.807) is 17.0 Å². The zero-order valence-electron chi connectivity index (χ0n) is 11.5. The van der Waals surface area contributed by atoms with Gasteiger partial charge in [-0.25, -0.2) is 18.5 Å². The molecule has 1 aromatic rings. The van der Waals surface area contributed by atoms with Crippen LogP contribution in [0, 0.1) is 0 Å². The van der Waals surface area contributed by atoms with Gasteiger partial charge in [-0.05, 0) is 38.1 Å². The number of nitrogens with two attached hydrogens (primary N) is 3. The highest BCUT2D eigenvalue weighted by atomic mass is 35.5. The van der Waals surface area contributed by atoms with Crippen LogP contribution in [0.15, 0.2) is 39.1 Å². The van der Waals surface area contributed by atoms with Gasteiger partial charge >= 0.3 is 0 Å². The first-order valence-corrected chi connectivity index (χ1v) is 7.28. The Morgan fingerprint density at radius 3 is 2.10 bits per heavy atom. The van der Waals surface area contributed by atoms with Crippen LogP contribution in [0.1, 0.15) is 13.8 Å². The largest absolute Gasteiger partial charge is 0.369 e. The summed E-state index contributed by atoms with van der Waals surface area (Å²) in [5.41, 5.74) is 11.4. The van der Waals surface area contributed by atoms with Crippen molar-refractivity contribution in [2.75, 3.05) is 4.90 Å². The highest BCUT2D eigenvalue weighted by Gasteiger charge is 2.32. The maximum absolute atomic E-state index is 11.2. The second-order valence-corrected chi connectivity index (χ2v) is 6.37. The standard InChI is InChI=1S/C11H16N6O2S.ClH/c1-11(2)16-9(12)15-10(13)17(11)7-3-5-8(6-4-7)20(14,18)19;/h3-6H,1-2H3,(H2,14,18,19)(H4,12,13,15,16);1H. The van der Waals surface area contributed by atoms with Gasteiger partial charge in [-0.1, -0.05) is 0 Å². The summed E-state index contributed by atoms with van der Waals surface area (Å²) in [5.74, 6) is 0.288. The van der Waals surface area contributed by atoms with Crippen molar-refractivity contribution in [3.05, 3.63) is 24.3 Å². The minimum absolute atomic E-state index is 0. The van der Waals surface area contributed by atoms with E-state index in [1.165, 1.54) is 12.1 Å². The number of halogens is 1. The van der Waals surface area contributed by atoms with Crippen molar-refractivity contribution >= 4 is 40.0 Å². The summed E-state index contributed by atoms with van der Waals surface area (Å²) >= 11 is 0. The molecule has 0 saturated heterocycles. The summed E-state index contributed by atoms with van der Waals surface area (Å²) in [6, 6.07) is 5.97. The lowest BCUT2D eigenvalue weighted by Gasteiger charge is -2.38. The van der Waals surface area contributed by atoms with Crippen molar-refractivity contribution < 1.29 is 8.42 Å². The molecule has 6 N–H and O–H groups in total. The van der Waals surface area contributed by atoms with Crippen molar-refractivity contribution in [2.24, 2.45) is 26.6 Å². The minimum Gasteiger partial charge on any atom is -0.369 e. The predicted octanol–water partition coefficient (Wildman–Crippen LogP) is -0.0587. The number of anilines is 1. The number of sulfonamides is 1. The lowest BCUT2D eigenvalue weighted by Crippen LogP contribution is -2.54. The third-order valence-electron chi connectivity index (χ3n) is 2.82. The van der Waals surface area contributed by atoms with Gasteiger partial charge in [0.15, 0.2) is 0 Å². The van der Waals surface area contributed by atoms with Gasteiger partial charge in [0.2, 0.25) is 21.9 Å². The average molecular weight is 333 g/mol. The van der Waals surface area contributed by atoms with E-state index in [-0.39, 0.29) is 29.2 Å². The summed E-state index contributed by atoms with van der Waals surface area (Å²) in [6.07, 6.45) is 0. The van der Waals surface area contributed by atoms with Crippen LogP contribution in [0.25, 0.3) is 0 Å². The smallest absolute Gasteiger partial charge is 0.238 e. The first kappa shape index (κ1) is 17.2. The van der Waals surface area contributed by atoms with E-state index < -0.39 is 15.7 Å². The van der Waals surface area contributed by atoms with Crippen LogP contribution in [-0.4, -0.2) is 26.0 Å². The molecule has 2 rings (SSSR count). The first-order chi connectivity index (χ1) is 9.11. The van der Waals surface area contributed by atoms with E-state index >= 15 is 0 Å². The molecule has 116 valence electrons. The molecule has 1 heterocycles. The molecular formula is C11H17ClN6O2S. The Labute approximate surface area is 129 Å². The predicted molar refractivity (Wildman–Crippen MR) is 84.9 cm³/mol. The topological polar surface area (TPSA) is 140 Å². The third kappa shape index (κ3) is 3.43. The molecule has 0 amide bonds. The fourth-order valence-corrected chi connectivity index (χ4v) is 2.55. The molecular weight excluding hydrogens is 316 g/mol. The van der Waals surface area contributed by atoms with E-state index in [4.69, 9.17) is 16.6 Å². The molecule has 0 aromatic heterocycles. The van der Waals surface area contributed by atoms with Crippen LogP contribution in [0.2, 0.25) is 0 Å². The van der Waals surface area contributed by atoms with Crippen LogP contribution in [0.4, 0.5) is 5.69 Å². The maximum atomic E-state index is 11.2. The number of hydrogen-bond donors (Lipinski definition) is 3. The molecule has 0 bridgehead atoms. The number of primary sulfonamides is 1. The Morgan fingerprint density at radius 2 is 1.67 bits per heavy atom. The zero-order chi connectivity index (χ0) is 15.1. The van der Waals surface area contributed by atoms with Gasteiger partial charge in [0.25, 0.3) is 0 Å². The number of nitrogens with zero attached hydrogens (tertiary/aromatic N) is 3. The van der Waals surface area contributed by atoms with E-state index in [2.05, 4.69) is 9.98 Å². The molecule has 1 aliphatic heterocycles.